The highest BCUT2D eigenvalue weighted by Crippen LogP contribution is 2.29. The number of carbonyl (C=O) groups is 1. The SMILES string of the molecule is O=C(CSc1ccc(C(F)(F)F)cn1)NCc1cccc(F)c1. The van der Waals surface area contributed by atoms with E-state index >= 15 is 0 Å². The summed E-state index contributed by atoms with van der Waals surface area (Å²) in [5, 5.41) is 2.92. The van der Waals surface area contributed by atoms with Gasteiger partial charge in [0.1, 0.15) is 5.82 Å². The highest BCUT2D eigenvalue weighted by molar-refractivity contribution is 7.99. The van der Waals surface area contributed by atoms with Gasteiger partial charge in [0, 0.05) is 12.7 Å². The number of rotatable bonds is 5. The van der Waals surface area contributed by atoms with Crippen LogP contribution in [0.5, 0.6) is 0 Å². The first-order valence-electron chi connectivity index (χ1n) is 6.52. The normalized spacial score (nSPS) is 11.3. The number of amides is 1. The van der Waals surface area contributed by atoms with E-state index in [0.29, 0.717) is 10.6 Å². The maximum atomic E-state index is 13.0. The monoisotopic (exact) mass is 344 g/mol. The zero-order valence-corrected chi connectivity index (χ0v) is 12.5. The Balaban J connectivity index is 1.80. The number of hydrogen-bond donors (Lipinski definition) is 1. The van der Waals surface area contributed by atoms with Crippen LogP contribution in [-0.2, 0) is 17.5 Å². The van der Waals surface area contributed by atoms with Gasteiger partial charge in [-0.3, -0.25) is 4.79 Å². The van der Waals surface area contributed by atoms with E-state index in [0.717, 1.165) is 24.0 Å². The van der Waals surface area contributed by atoms with Crippen molar-refractivity contribution in [2.75, 3.05) is 5.75 Å². The summed E-state index contributed by atoms with van der Waals surface area (Å²) in [6, 6.07) is 7.96. The number of halogens is 4. The molecule has 2 aromatic rings. The van der Waals surface area contributed by atoms with Crippen LogP contribution in [0.2, 0.25) is 0 Å². The first kappa shape index (κ1) is 17.3. The summed E-state index contributed by atoms with van der Waals surface area (Å²) in [6.45, 7) is 0.178. The molecular formula is C15H12F4N2OS. The van der Waals surface area contributed by atoms with Crippen LogP contribution in [0.4, 0.5) is 17.6 Å². The summed E-state index contributed by atoms with van der Waals surface area (Å²) in [5.41, 5.74) is -0.214. The molecule has 0 aliphatic carbocycles. The third-order valence-corrected chi connectivity index (χ3v) is 3.74. The predicted molar refractivity (Wildman–Crippen MR) is 78.2 cm³/mol. The number of carbonyl (C=O) groups excluding carboxylic acids is 1. The van der Waals surface area contributed by atoms with Crippen LogP contribution in [0.25, 0.3) is 0 Å². The molecule has 0 atom stereocenters. The van der Waals surface area contributed by atoms with Crippen LogP contribution in [0.3, 0.4) is 0 Å². The van der Waals surface area contributed by atoms with E-state index < -0.39 is 11.7 Å². The molecule has 0 fully saturated rings. The first-order chi connectivity index (χ1) is 10.8. The average molecular weight is 344 g/mol. The fraction of sp³-hybridized carbons (Fsp3) is 0.200. The molecule has 23 heavy (non-hydrogen) atoms. The number of alkyl halides is 3. The molecule has 1 aromatic carbocycles. The molecule has 1 N–H and O–H groups in total. The van der Waals surface area contributed by atoms with E-state index in [1.54, 1.807) is 6.07 Å². The van der Waals surface area contributed by atoms with Gasteiger partial charge in [0.15, 0.2) is 0 Å². The summed E-state index contributed by atoms with van der Waals surface area (Å²) in [7, 11) is 0. The van der Waals surface area contributed by atoms with E-state index in [-0.39, 0.29) is 24.0 Å². The van der Waals surface area contributed by atoms with E-state index in [1.807, 2.05) is 0 Å². The van der Waals surface area contributed by atoms with Crippen molar-refractivity contribution < 1.29 is 22.4 Å². The average Bonchev–Trinajstić information content (AvgIpc) is 2.50. The Labute approximate surface area is 134 Å². The Hall–Kier alpha value is -2.09. The first-order valence-corrected chi connectivity index (χ1v) is 7.50. The molecule has 0 bridgehead atoms. The fourth-order valence-electron chi connectivity index (χ4n) is 1.67. The van der Waals surface area contributed by atoms with Gasteiger partial charge >= 0.3 is 6.18 Å². The van der Waals surface area contributed by atoms with Gasteiger partial charge in [-0.25, -0.2) is 9.37 Å². The molecule has 2 rings (SSSR count). The summed E-state index contributed by atoms with van der Waals surface area (Å²) < 4.78 is 50.1. The zero-order valence-electron chi connectivity index (χ0n) is 11.7. The Kier molecular flexibility index (Phi) is 5.59. The van der Waals surface area contributed by atoms with Crippen LogP contribution < -0.4 is 5.32 Å². The van der Waals surface area contributed by atoms with Gasteiger partial charge in [0.25, 0.3) is 0 Å². The van der Waals surface area contributed by atoms with Gasteiger partial charge in [-0.15, -0.1) is 0 Å². The van der Waals surface area contributed by atoms with E-state index in [4.69, 9.17) is 0 Å². The predicted octanol–water partition coefficient (Wildman–Crippen LogP) is 3.65. The number of hydrogen-bond acceptors (Lipinski definition) is 3. The third kappa shape index (κ3) is 5.55. The maximum absolute atomic E-state index is 13.0. The number of pyridine rings is 1. The van der Waals surface area contributed by atoms with Crippen molar-refractivity contribution in [1.29, 1.82) is 0 Å². The van der Waals surface area contributed by atoms with Gasteiger partial charge in [-0.05, 0) is 29.8 Å². The van der Waals surface area contributed by atoms with Gasteiger partial charge in [-0.1, -0.05) is 23.9 Å². The zero-order chi connectivity index (χ0) is 16.9. The van der Waals surface area contributed by atoms with Crippen molar-refractivity contribution in [2.45, 2.75) is 17.7 Å². The largest absolute Gasteiger partial charge is 0.417 e. The lowest BCUT2D eigenvalue weighted by Gasteiger charge is -2.07. The molecule has 1 amide bonds. The number of aromatic nitrogens is 1. The standard InChI is InChI=1S/C15H12F4N2OS/c16-12-3-1-2-10(6-12)7-20-13(22)9-23-14-5-4-11(8-21-14)15(17,18)19/h1-6,8H,7,9H2,(H,20,22). The quantitative estimate of drug-likeness (QED) is 0.665. The molecule has 0 saturated carbocycles. The molecule has 0 unspecified atom stereocenters. The molecule has 0 aliphatic rings. The van der Waals surface area contributed by atoms with E-state index in [9.17, 15) is 22.4 Å². The summed E-state index contributed by atoms with van der Waals surface area (Å²) >= 11 is 1.02. The number of nitrogens with zero attached hydrogens (tertiary/aromatic N) is 1. The minimum Gasteiger partial charge on any atom is -0.351 e. The van der Waals surface area contributed by atoms with Crippen LogP contribution >= 0.6 is 11.8 Å². The van der Waals surface area contributed by atoms with Crippen molar-refractivity contribution in [3.05, 3.63) is 59.5 Å². The lowest BCUT2D eigenvalue weighted by atomic mass is 10.2. The van der Waals surface area contributed by atoms with Crippen molar-refractivity contribution in [3.63, 3.8) is 0 Å². The second kappa shape index (κ2) is 7.45. The summed E-state index contributed by atoms with van der Waals surface area (Å²) in [5.74, 6) is -0.700. The van der Waals surface area contributed by atoms with Crippen molar-refractivity contribution in [1.82, 2.24) is 10.3 Å². The molecule has 0 spiro atoms. The van der Waals surface area contributed by atoms with E-state index in [1.165, 1.54) is 24.3 Å². The molecule has 1 heterocycles. The molecule has 0 aliphatic heterocycles. The van der Waals surface area contributed by atoms with Crippen LogP contribution in [-0.4, -0.2) is 16.6 Å². The summed E-state index contributed by atoms with van der Waals surface area (Å²) in [6.07, 6.45) is -3.70. The molecule has 8 heteroatoms. The summed E-state index contributed by atoms with van der Waals surface area (Å²) in [4.78, 5) is 15.3. The van der Waals surface area contributed by atoms with Gasteiger partial charge in [0.2, 0.25) is 5.91 Å². The van der Waals surface area contributed by atoms with Gasteiger partial charge < -0.3 is 5.32 Å². The lowest BCUT2D eigenvalue weighted by molar-refractivity contribution is -0.137. The smallest absolute Gasteiger partial charge is 0.351 e. The van der Waals surface area contributed by atoms with Gasteiger partial charge in [-0.2, -0.15) is 13.2 Å². The molecule has 122 valence electrons. The Morgan fingerprint density at radius 3 is 2.61 bits per heavy atom. The lowest BCUT2D eigenvalue weighted by Crippen LogP contribution is -2.24. The third-order valence-electron chi connectivity index (χ3n) is 2.79. The van der Waals surface area contributed by atoms with Crippen LogP contribution in [0.15, 0.2) is 47.6 Å². The number of benzene rings is 1. The fourth-order valence-corrected chi connectivity index (χ4v) is 2.34. The molecule has 1 aromatic heterocycles. The highest BCUT2D eigenvalue weighted by Gasteiger charge is 2.30. The van der Waals surface area contributed by atoms with Crippen molar-refractivity contribution in [2.24, 2.45) is 0 Å². The second-order valence-corrected chi connectivity index (χ2v) is 5.57. The van der Waals surface area contributed by atoms with Crippen molar-refractivity contribution in [3.8, 4) is 0 Å². The van der Waals surface area contributed by atoms with Crippen molar-refractivity contribution >= 4 is 17.7 Å². The molecule has 0 radical (unpaired) electrons. The number of thioether (sulfide) groups is 1. The molecule has 0 saturated heterocycles. The highest BCUT2D eigenvalue weighted by atomic mass is 32.2. The van der Waals surface area contributed by atoms with Crippen LogP contribution in [0.1, 0.15) is 11.1 Å². The van der Waals surface area contributed by atoms with Crippen LogP contribution in [0, 0.1) is 5.82 Å². The number of nitrogens with one attached hydrogen (secondary N) is 1. The van der Waals surface area contributed by atoms with E-state index in [2.05, 4.69) is 10.3 Å². The Morgan fingerprint density at radius 1 is 1.22 bits per heavy atom. The minimum atomic E-state index is -4.43. The molecular weight excluding hydrogens is 332 g/mol. The molecule has 3 nitrogen and oxygen atoms in total. The minimum absolute atomic E-state index is 0.00762. The van der Waals surface area contributed by atoms with Gasteiger partial charge in [0.05, 0.1) is 16.3 Å². The Bertz CT molecular complexity index is 674. The maximum Gasteiger partial charge on any atom is 0.417 e. The topological polar surface area (TPSA) is 42.0 Å². The second-order valence-electron chi connectivity index (χ2n) is 4.58. The Morgan fingerprint density at radius 2 is 2.00 bits per heavy atom.